The zero-order valence-electron chi connectivity index (χ0n) is 13.0. The first-order valence-electron chi connectivity index (χ1n) is 7.25. The van der Waals surface area contributed by atoms with Crippen molar-refractivity contribution in [2.24, 2.45) is 0 Å². The first-order chi connectivity index (χ1) is 11.6. The van der Waals surface area contributed by atoms with Gasteiger partial charge in [-0.05, 0) is 29.8 Å². The van der Waals surface area contributed by atoms with Crippen molar-refractivity contribution in [1.29, 1.82) is 0 Å². The Hall–Kier alpha value is -3.35. The number of benzene rings is 2. The molecule has 3 aromatic rings. The molecular formula is C17H15N3O4. The van der Waals surface area contributed by atoms with Gasteiger partial charge in [0.15, 0.2) is 0 Å². The highest BCUT2D eigenvalue weighted by molar-refractivity contribution is 5.60. The smallest absolute Gasteiger partial charge is 0.269 e. The average Bonchev–Trinajstić information content (AvgIpc) is 2.96. The Morgan fingerprint density at radius 2 is 1.75 bits per heavy atom. The summed E-state index contributed by atoms with van der Waals surface area (Å²) in [5, 5.41) is 22.8. The summed E-state index contributed by atoms with van der Waals surface area (Å²) in [7, 11) is 1.60. The second-order valence-corrected chi connectivity index (χ2v) is 5.21. The SMILES string of the molecule is COc1ccc(Cn2c(-c3ccc([N+](=O)[O-])cc3)cc[n+]2[O-])cc1. The van der Waals surface area contributed by atoms with Crippen LogP contribution in [0.25, 0.3) is 11.3 Å². The van der Waals surface area contributed by atoms with Crippen LogP contribution in [0, 0.1) is 15.3 Å². The van der Waals surface area contributed by atoms with Gasteiger partial charge < -0.3 is 9.94 Å². The minimum Gasteiger partial charge on any atom is -0.596 e. The number of nitro benzene ring substituents is 1. The number of hydrogen-bond donors (Lipinski definition) is 0. The van der Waals surface area contributed by atoms with Crippen molar-refractivity contribution in [3.05, 3.63) is 81.7 Å². The molecule has 1 aromatic heterocycles. The van der Waals surface area contributed by atoms with Gasteiger partial charge in [0.05, 0.1) is 12.0 Å². The number of ether oxygens (including phenoxy) is 1. The monoisotopic (exact) mass is 325 g/mol. The minimum absolute atomic E-state index is 0.0158. The molecule has 7 heteroatoms. The maximum absolute atomic E-state index is 12.1. The van der Waals surface area contributed by atoms with Gasteiger partial charge in [-0.15, -0.1) is 4.68 Å². The van der Waals surface area contributed by atoms with Gasteiger partial charge in [-0.2, -0.15) is 0 Å². The molecule has 0 bridgehead atoms. The molecule has 3 rings (SSSR count). The number of nitrogens with zero attached hydrogens (tertiary/aromatic N) is 3. The predicted octanol–water partition coefficient (Wildman–Crippen LogP) is 2.75. The third-order valence-electron chi connectivity index (χ3n) is 3.74. The zero-order chi connectivity index (χ0) is 17.1. The van der Waals surface area contributed by atoms with Crippen LogP contribution in [0.4, 0.5) is 5.69 Å². The average molecular weight is 325 g/mol. The van der Waals surface area contributed by atoms with Gasteiger partial charge >= 0.3 is 0 Å². The molecule has 0 aliphatic rings. The highest BCUT2D eigenvalue weighted by Crippen LogP contribution is 2.22. The van der Waals surface area contributed by atoms with Crippen LogP contribution < -0.4 is 9.58 Å². The fraction of sp³-hybridized carbons (Fsp3) is 0.118. The second-order valence-electron chi connectivity index (χ2n) is 5.21. The van der Waals surface area contributed by atoms with Crippen molar-refractivity contribution < 1.29 is 14.5 Å². The lowest BCUT2D eigenvalue weighted by Gasteiger charge is -2.09. The minimum atomic E-state index is -0.450. The van der Waals surface area contributed by atoms with Crippen LogP contribution in [0.3, 0.4) is 0 Å². The molecule has 2 aromatic carbocycles. The Labute approximate surface area is 138 Å². The van der Waals surface area contributed by atoms with Gasteiger partial charge in [-0.25, -0.2) is 0 Å². The predicted molar refractivity (Wildman–Crippen MR) is 87.6 cm³/mol. The van der Waals surface area contributed by atoms with E-state index in [0.29, 0.717) is 12.2 Å². The van der Waals surface area contributed by atoms with Gasteiger partial charge in [-0.3, -0.25) is 10.1 Å². The van der Waals surface area contributed by atoms with Gasteiger partial charge in [0.25, 0.3) is 5.69 Å². The molecule has 0 N–H and O–H groups in total. The zero-order valence-corrected chi connectivity index (χ0v) is 13.0. The van der Waals surface area contributed by atoms with E-state index in [-0.39, 0.29) is 5.69 Å². The normalized spacial score (nSPS) is 10.5. The molecule has 1 heterocycles. The van der Waals surface area contributed by atoms with Crippen LogP contribution in [0.5, 0.6) is 5.75 Å². The van der Waals surface area contributed by atoms with Gasteiger partial charge in [0.1, 0.15) is 18.0 Å². The number of nitro groups is 1. The van der Waals surface area contributed by atoms with E-state index >= 15 is 0 Å². The van der Waals surface area contributed by atoms with E-state index in [4.69, 9.17) is 4.74 Å². The molecular weight excluding hydrogens is 310 g/mol. The molecule has 0 atom stereocenters. The number of methoxy groups -OCH3 is 1. The molecule has 0 aliphatic heterocycles. The molecule has 0 saturated carbocycles. The number of aromatic nitrogens is 2. The summed E-state index contributed by atoms with van der Waals surface area (Å²) in [6.45, 7) is 0.382. The van der Waals surface area contributed by atoms with E-state index in [2.05, 4.69) is 0 Å². The number of rotatable bonds is 5. The van der Waals surface area contributed by atoms with Crippen molar-refractivity contribution in [3.8, 4) is 17.0 Å². The molecule has 0 fully saturated rings. The Balaban J connectivity index is 1.91. The lowest BCUT2D eigenvalue weighted by atomic mass is 10.1. The van der Waals surface area contributed by atoms with Crippen LogP contribution >= 0.6 is 0 Å². The maximum atomic E-state index is 12.1. The van der Waals surface area contributed by atoms with Crippen molar-refractivity contribution in [1.82, 2.24) is 4.68 Å². The van der Waals surface area contributed by atoms with Crippen molar-refractivity contribution in [3.63, 3.8) is 0 Å². The van der Waals surface area contributed by atoms with E-state index in [1.54, 1.807) is 30.0 Å². The molecule has 7 nitrogen and oxygen atoms in total. The topological polar surface area (TPSA) is 84.2 Å². The summed E-state index contributed by atoms with van der Waals surface area (Å²) < 4.78 is 6.68. The maximum Gasteiger partial charge on any atom is 0.269 e. The summed E-state index contributed by atoms with van der Waals surface area (Å²) in [5.74, 6) is 0.747. The first-order valence-corrected chi connectivity index (χ1v) is 7.25. The van der Waals surface area contributed by atoms with Crippen LogP contribution in [-0.2, 0) is 6.54 Å². The summed E-state index contributed by atoms with van der Waals surface area (Å²) in [6.07, 6.45) is 1.42. The number of hydrogen-bond acceptors (Lipinski definition) is 4. The quantitative estimate of drug-likeness (QED) is 0.312. The Morgan fingerprint density at radius 3 is 2.33 bits per heavy atom. The van der Waals surface area contributed by atoms with Crippen LogP contribution in [0.15, 0.2) is 60.8 Å². The second kappa shape index (κ2) is 6.41. The molecule has 0 unspecified atom stereocenters. The Bertz CT molecular complexity index is 855. The fourth-order valence-electron chi connectivity index (χ4n) is 2.46. The highest BCUT2D eigenvalue weighted by Gasteiger charge is 2.14. The van der Waals surface area contributed by atoms with Crippen molar-refractivity contribution in [2.75, 3.05) is 7.11 Å². The molecule has 0 amide bonds. The van der Waals surface area contributed by atoms with Gasteiger partial charge in [0.2, 0.25) is 6.20 Å². The summed E-state index contributed by atoms with van der Waals surface area (Å²) in [5.41, 5.74) is 2.39. The Morgan fingerprint density at radius 1 is 1.08 bits per heavy atom. The lowest BCUT2D eigenvalue weighted by molar-refractivity contribution is -0.692. The molecule has 24 heavy (non-hydrogen) atoms. The third-order valence-corrected chi connectivity index (χ3v) is 3.74. The summed E-state index contributed by atoms with van der Waals surface area (Å²) in [6, 6.07) is 15.3. The van der Waals surface area contributed by atoms with Gasteiger partial charge in [0, 0.05) is 23.8 Å². The first kappa shape index (κ1) is 15.5. The largest absolute Gasteiger partial charge is 0.596 e. The molecule has 0 radical (unpaired) electrons. The van der Waals surface area contributed by atoms with E-state index in [1.165, 1.54) is 18.3 Å². The van der Waals surface area contributed by atoms with Crippen LogP contribution in [-0.4, -0.2) is 16.7 Å². The summed E-state index contributed by atoms with van der Waals surface area (Å²) >= 11 is 0. The van der Waals surface area contributed by atoms with E-state index in [0.717, 1.165) is 21.7 Å². The van der Waals surface area contributed by atoms with Crippen molar-refractivity contribution >= 4 is 5.69 Å². The van der Waals surface area contributed by atoms with Crippen molar-refractivity contribution in [2.45, 2.75) is 6.54 Å². The standard InChI is InChI=1S/C17H15N3O4/c1-24-16-8-2-13(3-9-16)12-18-17(10-11-19(18)21)14-4-6-15(7-5-14)20(22)23/h2-11H,12H2,1H3. The highest BCUT2D eigenvalue weighted by atomic mass is 16.6. The number of non-ortho nitro benzene ring substituents is 1. The van der Waals surface area contributed by atoms with Gasteiger partial charge in [-0.1, -0.05) is 17.0 Å². The molecule has 0 aliphatic carbocycles. The van der Waals surface area contributed by atoms with Crippen LogP contribution in [0.2, 0.25) is 0 Å². The molecule has 0 saturated heterocycles. The Kier molecular flexibility index (Phi) is 4.15. The molecule has 122 valence electrons. The van der Waals surface area contributed by atoms with E-state index in [1.807, 2.05) is 24.3 Å². The lowest BCUT2D eigenvalue weighted by Crippen LogP contribution is -2.37. The van der Waals surface area contributed by atoms with Crippen LogP contribution in [0.1, 0.15) is 5.56 Å². The van der Waals surface area contributed by atoms with E-state index < -0.39 is 4.92 Å². The summed E-state index contributed by atoms with van der Waals surface area (Å²) in [4.78, 5) is 11.0. The fourth-order valence-corrected chi connectivity index (χ4v) is 2.46. The third kappa shape index (κ3) is 3.05. The van der Waals surface area contributed by atoms with E-state index in [9.17, 15) is 15.3 Å². The molecule has 0 spiro atoms.